The topological polar surface area (TPSA) is 35.0 Å². The number of ether oxygens (including phenoxy) is 1. The Morgan fingerprint density at radius 1 is 1.50 bits per heavy atom. The molecule has 0 saturated heterocycles. The number of rotatable bonds is 2. The first kappa shape index (κ1) is 8.26. The summed E-state index contributed by atoms with van der Waals surface area (Å²) in [5, 5.41) is 7.78. The zero-order chi connectivity index (χ0) is 8.55. The molecule has 1 saturated carbocycles. The fourth-order valence-electron chi connectivity index (χ4n) is 0.786. The van der Waals surface area contributed by atoms with Gasteiger partial charge in [-0.2, -0.15) is 0 Å². The van der Waals surface area contributed by atoms with Gasteiger partial charge in [0.25, 0.3) is 0 Å². The van der Waals surface area contributed by atoms with Crippen molar-refractivity contribution in [3.63, 3.8) is 0 Å². The molecule has 0 atom stereocenters. The van der Waals surface area contributed by atoms with Crippen LogP contribution in [0.4, 0.5) is 0 Å². The molecule has 1 aromatic heterocycles. The van der Waals surface area contributed by atoms with E-state index in [0.29, 0.717) is 21.6 Å². The van der Waals surface area contributed by atoms with E-state index < -0.39 is 0 Å². The highest BCUT2D eigenvalue weighted by atomic mass is 79.9. The van der Waals surface area contributed by atoms with Gasteiger partial charge >= 0.3 is 0 Å². The summed E-state index contributed by atoms with van der Waals surface area (Å²) in [6.45, 7) is 0. The van der Waals surface area contributed by atoms with Gasteiger partial charge in [0.2, 0.25) is 0 Å². The first-order valence-corrected chi connectivity index (χ1v) is 4.78. The van der Waals surface area contributed by atoms with Crippen LogP contribution in [0.2, 0.25) is 5.15 Å². The predicted molar refractivity (Wildman–Crippen MR) is 48.4 cm³/mol. The van der Waals surface area contributed by atoms with Crippen molar-refractivity contribution in [2.75, 3.05) is 0 Å². The molecule has 5 heteroatoms. The molecular formula is C7H6BrClN2O. The van der Waals surface area contributed by atoms with Crippen LogP contribution >= 0.6 is 27.5 Å². The van der Waals surface area contributed by atoms with Crippen LogP contribution < -0.4 is 4.74 Å². The largest absolute Gasteiger partial charge is 0.487 e. The number of hydrogen-bond donors (Lipinski definition) is 0. The van der Waals surface area contributed by atoms with Crippen LogP contribution in [0.1, 0.15) is 12.8 Å². The Morgan fingerprint density at radius 2 is 2.25 bits per heavy atom. The van der Waals surface area contributed by atoms with Gasteiger partial charge in [-0.05, 0) is 28.8 Å². The minimum atomic E-state index is 0.349. The lowest BCUT2D eigenvalue weighted by molar-refractivity contribution is 0.299. The van der Waals surface area contributed by atoms with E-state index in [9.17, 15) is 0 Å². The third-order valence-corrected chi connectivity index (χ3v) is 2.24. The van der Waals surface area contributed by atoms with E-state index in [1.807, 2.05) is 0 Å². The van der Waals surface area contributed by atoms with Crippen LogP contribution in [0.15, 0.2) is 10.7 Å². The smallest absolute Gasteiger partial charge is 0.170 e. The molecule has 1 fully saturated rings. The van der Waals surface area contributed by atoms with Crippen LogP contribution in [0, 0.1) is 0 Å². The molecule has 0 amide bonds. The van der Waals surface area contributed by atoms with Crippen LogP contribution in [0.25, 0.3) is 0 Å². The first-order chi connectivity index (χ1) is 5.75. The van der Waals surface area contributed by atoms with E-state index >= 15 is 0 Å². The molecule has 0 N–H and O–H groups in total. The third-order valence-electron chi connectivity index (χ3n) is 1.50. The van der Waals surface area contributed by atoms with Crippen molar-refractivity contribution in [3.8, 4) is 5.75 Å². The molecular weight excluding hydrogens is 243 g/mol. The second kappa shape index (κ2) is 3.18. The van der Waals surface area contributed by atoms with Gasteiger partial charge in [0.05, 0.1) is 6.10 Å². The fraction of sp³-hybridized carbons (Fsp3) is 0.429. The van der Waals surface area contributed by atoms with Gasteiger partial charge in [0, 0.05) is 6.07 Å². The minimum absolute atomic E-state index is 0.349. The summed E-state index contributed by atoms with van der Waals surface area (Å²) >= 11 is 8.88. The Balaban J connectivity index is 2.21. The summed E-state index contributed by atoms with van der Waals surface area (Å²) in [6.07, 6.45) is 2.58. The summed E-state index contributed by atoms with van der Waals surface area (Å²) < 4.78 is 6.11. The van der Waals surface area contributed by atoms with Crippen molar-refractivity contribution >= 4 is 27.5 Å². The summed E-state index contributed by atoms with van der Waals surface area (Å²) in [4.78, 5) is 0. The second-order valence-corrected chi connectivity index (χ2v) is 3.78. The lowest BCUT2D eigenvalue weighted by atomic mass is 10.5. The van der Waals surface area contributed by atoms with Crippen molar-refractivity contribution in [3.05, 3.63) is 15.8 Å². The molecule has 1 aromatic rings. The fourth-order valence-corrected chi connectivity index (χ4v) is 1.21. The maximum Gasteiger partial charge on any atom is 0.170 e. The maximum atomic E-state index is 5.65. The lowest BCUT2D eigenvalue weighted by Crippen LogP contribution is -1.98. The second-order valence-electron chi connectivity index (χ2n) is 2.64. The highest BCUT2D eigenvalue weighted by Crippen LogP contribution is 2.31. The molecule has 0 aliphatic heterocycles. The van der Waals surface area contributed by atoms with E-state index in [-0.39, 0.29) is 0 Å². The van der Waals surface area contributed by atoms with Crippen molar-refractivity contribution in [1.29, 1.82) is 0 Å². The monoisotopic (exact) mass is 248 g/mol. The van der Waals surface area contributed by atoms with Gasteiger partial charge in [-0.15, -0.1) is 10.2 Å². The van der Waals surface area contributed by atoms with Gasteiger partial charge < -0.3 is 4.74 Å². The van der Waals surface area contributed by atoms with Crippen LogP contribution in [-0.2, 0) is 0 Å². The third kappa shape index (κ3) is 1.87. The molecule has 12 heavy (non-hydrogen) atoms. The summed E-state index contributed by atoms with van der Waals surface area (Å²) in [6, 6.07) is 1.66. The molecule has 1 heterocycles. The zero-order valence-corrected chi connectivity index (χ0v) is 8.47. The summed E-state index contributed by atoms with van der Waals surface area (Å²) in [5.41, 5.74) is 0. The predicted octanol–water partition coefficient (Wildman–Crippen LogP) is 2.43. The van der Waals surface area contributed by atoms with Crippen molar-refractivity contribution in [2.24, 2.45) is 0 Å². The van der Waals surface area contributed by atoms with Gasteiger partial charge in [0.15, 0.2) is 15.5 Å². The SMILES string of the molecule is Clc1cc(OC2CC2)c(Br)nn1. The molecule has 1 aliphatic rings. The quantitative estimate of drug-likeness (QED) is 0.807. The van der Waals surface area contributed by atoms with E-state index in [1.54, 1.807) is 6.07 Å². The summed E-state index contributed by atoms with van der Waals surface area (Å²) in [5.74, 6) is 0.678. The lowest BCUT2D eigenvalue weighted by Gasteiger charge is -2.04. The maximum absolute atomic E-state index is 5.65. The molecule has 0 bridgehead atoms. The van der Waals surface area contributed by atoms with Gasteiger partial charge in [0.1, 0.15) is 0 Å². The highest BCUT2D eigenvalue weighted by molar-refractivity contribution is 9.10. The standard InChI is InChI=1S/C7H6BrClN2O/c8-7-5(12-4-1-2-4)3-6(9)10-11-7/h3-4H,1-2H2. The van der Waals surface area contributed by atoms with E-state index in [0.717, 1.165) is 12.8 Å². The van der Waals surface area contributed by atoms with Crippen LogP contribution in [0.3, 0.4) is 0 Å². The molecule has 64 valence electrons. The Kier molecular flexibility index (Phi) is 2.19. The van der Waals surface area contributed by atoms with Crippen molar-refractivity contribution in [1.82, 2.24) is 10.2 Å². The number of hydrogen-bond acceptors (Lipinski definition) is 3. The van der Waals surface area contributed by atoms with Crippen LogP contribution in [-0.4, -0.2) is 16.3 Å². The zero-order valence-electron chi connectivity index (χ0n) is 6.13. The van der Waals surface area contributed by atoms with E-state index in [1.165, 1.54) is 0 Å². The summed E-state index contributed by atoms with van der Waals surface area (Å²) in [7, 11) is 0. The molecule has 2 rings (SSSR count). The molecule has 0 spiro atoms. The normalized spacial score (nSPS) is 16.2. The Bertz CT molecular complexity index is 303. The number of nitrogens with zero attached hydrogens (tertiary/aromatic N) is 2. The van der Waals surface area contributed by atoms with Gasteiger partial charge in [-0.1, -0.05) is 11.6 Å². The van der Waals surface area contributed by atoms with Gasteiger partial charge in [-0.3, -0.25) is 0 Å². The highest BCUT2D eigenvalue weighted by Gasteiger charge is 2.24. The van der Waals surface area contributed by atoms with Gasteiger partial charge in [-0.25, -0.2) is 0 Å². The molecule has 0 aromatic carbocycles. The first-order valence-electron chi connectivity index (χ1n) is 3.61. The van der Waals surface area contributed by atoms with E-state index in [2.05, 4.69) is 26.1 Å². The minimum Gasteiger partial charge on any atom is -0.487 e. The Hall–Kier alpha value is -0.350. The molecule has 0 unspecified atom stereocenters. The van der Waals surface area contributed by atoms with Crippen LogP contribution in [0.5, 0.6) is 5.75 Å². The molecule has 0 radical (unpaired) electrons. The average molecular weight is 249 g/mol. The number of halogens is 2. The van der Waals surface area contributed by atoms with Crippen molar-refractivity contribution < 1.29 is 4.74 Å². The number of aromatic nitrogens is 2. The average Bonchev–Trinajstić information content (AvgIpc) is 2.81. The Morgan fingerprint density at radius 3 is 2.92 bits per heavy atom. The Labute approximate surface area is 83.2 Å². The molecule has 3 nitrogen and oxygen atoms in total. The van der Waals surface area contributed by atoms with Crippen molar-refractivity contribution in [2.45, 2.75) is 18.9 Å². The van der Waals surface area contributed by atoms with E-state index in [4.69, 9.17) is 16.3 Å². The molecule has 1 aliphatic carbocycles.